The van der Waals surface area contributed by atoms with Crippen LogP contribution >= 0.6 is 0 Å². The van der Waals surface area contributed by atoms with Gasteiger partial charge in [0.1, 0.15) is 5.82 Å². The lowest BCUT2D eigenvalue weighted by Crippen LogP contribution is -2.04. The maximum absolute atomic E-state index is 13.2. The molecule has 30 heavy (non-hydrogen) atoms. The molecule has 8 heteroatoms. The molecule has 0 aliphatic heterocycles. The van der Waals surface area contributed by atoms with E-state index in [0.717, 1.165) is 16.3 Å². The molecule has 0 unspecified atom stereocenters. The van der Waals surface area contributed by atoms with Gasteiger partial charge in [0.15, 0.2) is 11.5 Å². The summed E-state index contributed by atoms with van der Waals surface area (Å²) in [6.45, 7) is 0.571. The third-order valence-corrected chi connectivity index (χ3v) is 4.60. The molecule has 0 bridgehead atoms. The molecule has 7 nitrogen and oxygen atoms in total. The van der Waals surface area contributed by atoms with Gasteiger partial charge in [0, 0.05) is 35.3 Å². The van der Waals surface area contributed by atoms with Crippen molar-refractivity contribution in [2.75, 3.05) is 5.32 Å². The van der Waals surface area contributed by atoms with E-state index in [0.29, 0.717) is 29.4 Å². The zero-order chi connectivity index (χ0) is 20.3. The fourth-order valence-electron chi connectivity index (χ4n) is 3.12. The zero-order valence-corrected chi connectivity index (χ0v) is 15.7. The summed E-state index contributed by atoms with van der Waals surface area (Å²) in [7, 11) is 0. The zero-order valence-electron chi connectivity index (χ0n) is 15.7. The third kappa shape index (κ3) is 3.46. The van der Waals surface area contributed by atoms with Crippen LogP contribution in [0.15, 0.2) is 77.6 Å². The first-order chi connectivity index (χ1) is 14.8. The molecule has 0 saturated carbocycles. The van der Waals surface area contributed by atoms with Crippen LogP contribution in [0.4, 0.5) is 10.2 Å². The summed E-state index contributed by atoms with van der Waals surface area (Å²) in [4.78, 5) is 8.54. The Kier molecular flexibility index (Phi) is 4.57. The van der Waals surface area contributed by atoms with Crippen LogP contribution in [0.25, 0.3) is 33.7 Å². The molecule has 0 aliphatic carbocycles. The van der Waals surface area contributed by atoms with Gasteiger partial charge in [-0.15, -0.1) is 10.2 Å². The lowest BCUT2D eigenvalue weighted by molar-refractivity contribution is 0.431. The van der Waals surface area contributed by atoms with Gasteiger partial charge >= 0.3 is 0 Å². The van der Waals surface area contributed by atoms with Crippen LogP contribution in [-0.4, -0.2) is 25.3 Å². The van der Waals surface area contributed by atoms with Crippen LogP contribution in [-0.2, 0) is 6.54 Å². The number of benzene rings is 2. The minimum atomic E-state index is -0.325. The first-order valence-corrected chi connectivity index (χ1v) is 9.26. The molecule has 146 valence electrons. The predicted octanol–water partition coefficient (Wildman–Crippen LogP) is 4.49. The van der Waals surface area contributed by atoms with E-state index in [4.69, 9.17) is 4.52 Å². The summed E-state index contributed by atoms with van der Waals surface area (Å²) in [5.74, 6) is 0.927. The monoisotopic (exact) mass is 398 g/mol. The smallest absolute Gasteiger partial charge is 0.279 e. The number of nitrogens with one attached hydrogen (secondary N) is 1. The van der Waals surface area contributed by atoms with Crippen LogP contribution in [0.2, 0.25) is 0 Å². The van der Waals surface area contributed by atoms with Crippen molar-refractivity contribution >= 4 is 16.6 Å². The Labute approximate surface area is 170 Å². The van der Waals surface area contributed by atoms with Crippen LogP contribution in [0, 0.1) is 5.82 Å². The van der Waals surface area contributed by atoms with Crippen molar-refractivity contribution < 1.29 is 8.91 Å². The normalized spacial score (nSPS) is 11.0. The molecule has 0 fully saturated rings. The maximum atomic E-state index is 13.2. The first-order valence-electron chi connectivity index (χ1n) is 9.26. The van der Waals surface area contributed by atoms with E-state index in [1.54, 1.807) is 24.5 Å². The molecule has 5 aromatic rings. The van der Waals surface area contributed by atoms with Gasteiger partial charge in [-0.25, -0.2) is 4.39 Å². The van der Waals surface area contributed by atoms with Crippen molar-refractivity contribution in [1.29, 1.82) is 0 Å². The second-order valence-electron chi connectivity index (χ2n) is 6.59. The molecule has 3 aromatic heterocycles. The molecule has 0 aliphatic rings. The number of anilines is 1. The number of aromatic nitrogens is 5. The molecule has 0 radical (unpaired) electrons. The summed E-state index contributed by atoms with van der Waals surface area (Å²) >= 11 is 0. The van der Waals surface area contributed by atoms with Gasteiger partial charge in [0.25, 0.3) is 5.89 Å². The molecule has 5 rings (SSSR count). The average molecular weight is 398 g/mol. The number of fused-ring (bicyclic) bond motifs is 1. The fourth-order valence-corrected chi connectivity index (χ4v) is 3.12. The van der Waals surface area contributed by atoms with E-state index in [1.807, 2.05) is 36.4 Å². The van der Waals surface area contributed by atoms with Gasteiger partial charge in [-0.1, -0.05) is 35.5 Å². The molecule has 3 heterocycles. The number of nitrogens with zero attached hydrogens (tertiary/aromatic N) is 5. The lowest BCUT2D eigenvalue weighted by atomic mass is 10.1. The second kappa shape index (κ2) is 7.67. The molecular formula is C22H15FN6O. The molecule has 2 aromatic carbocycles. The highest BCUT2D eigenvalue weighted by molar-refractivity contribution is 5.98. The summed E-state index contributed by atoms with van der Waals surface area (Å²) in [6, 6.07) is 17.5. The number of hydrogen-bond donors (Lipinski definition) is 1. The van der Waals surface area contributed by atoms with Crippen LogP contribution in [0.5, 0.6) is 0 Å². The largest absolute Gasteiger partial charge is 0.364 e. The third-order valence-electron chi connectivity index (χ3n) is 4.60. The predicted molar refractivity (Wildman–Crippen MR) is 110 cm³/mol. The number of hydrogen-bond acceptors (Lipinski definition) is 7. The lowest BCUT2D eigenvalue weighted by Gasteiger charge is -2.09. The van der Waals surface area contributed by atoms with E-state index in [-0.39, 0.29) is 11.7 Å². The van der Waals surface area contributed by atoms with Gasteiger partial charge in [-0.2, -0.15) is 4.98 Å². The molecule has 0 atom stereocenters. The van der Waals surface area contributed by atoms with Gasteiger partial charge in [-0.05, 0) is 35.9 Å². The van der Waals surface area contributed by atoms with E-state index in [9.17, 15) is 4.39 Å². The molecule has 1 N–H and O–H groups in total. The standard InChI is InChI=1S/C22H15FN6O/c23-16-9-7-15(8-10-16)20-26-22(30-29-20)19-17-5-1-2-6-18(17)21(28-27-19)25-13-14-4-3-11-24-12-14/h1-12H,13H2,(H,25,28). The van der Waals surface area contributed by atoms with Crippen molar-refractivity contribution in [2.24, 2.45) is 0 Å². The Bertz CT molecular complexity index is 1300. The highest BCUT2D eigenvalue weighted by Gasteiger charge is 2.17. The summed E-state index contributed by atoms with van der Waals surface area (Å²) < 4.78 is 18.6. The van der Waals surface area contributed by atoms with Crippen molar-refractivity contribution in [3.63, 3.8) is 0 Å². The summed E-state index contributed by atoms with van der Waals surface area (Å²) in [5.41, 5.74) is 2.17. The Balaban J connectivity index is 1.49. The van der Waals surface area contributed by atoms with Gasteiger partial charge in [0.2, 0.25) is 5.82 Å². The maximum Gasteiger partial charge on any atom is 0.279 e. The fraction of sp³-hybridized carbons (Fsp3) is 0.0455. The second-order valence-corrected chi connectivity index (χ2v) is 6.59. The molecule has 0 spiro atoms. The topological polar surface area (TPSA) is 89.6 Å². The molecule has 0 amide bonds. The first kappa shape index (κ1) is 17.9. The van der Waals surface area contributed by atoms with Crippen LogP contribution < -0.4 is 5.32 Å². The Morgan fingerprint density at radius 1 is 0.900 bits per heavy atom. The van der Waals surface area contributed by atoms with Crippen LogP contribution in [0.3, 0.4) is 0 Å². The number of rotatable bonds is 5. The number of pyridine rings is 1. The highest BCUT2D eigenvalue weighted by Crippen LogP contribution is 2.30. The Morgan fingerprint density at radius 3 is 2.53 bits per heavy atom. The van der Waals surface area contributed by atoms with Crippen molar-refractivity contribution in [3.05, 3.63) is 84.4 Å². The average Bonchev–Trinajstić information content (AvgIpc) is 3.28. The van der Waals surface area contributed by atoms with Crippen molar-refractivity contribution in [3.8, 4) is 23.0 Å². The Hall–Kier alpha value is -4.20. The molecular weight excluding hydrogens is 383 g/mol. The summed E-state index contributed by atoms with van der Waals surface area (Å²) in [5, 5.41) is 17.7. The van der Waals surface area contributed by atoms with E-state index in [2.05, 4.69) is 30.6 Å². The van der Waals surface area contributed by atoms with E-state index in [1.165, 1.54) is 12.1 Å². The Morgan fingerprint density at radius 2 is 1.73 bits per heavy atom. The number of halogens is 1. The van der Waals surface area contributed by atoms with Crippen LogP contribution in [0.1, 0.15) is 5.56 Å². The SMILES string of the molecule is Fc1ccc(-c2noc(-c3nnc(NCc4cccnc4)c4ccccc34)n2)cc1. The van der Waals surface area contributed by atoms with Gasteiger partial charge in [-0.3, -0.25) is 4.98 Å². The van der Waals surface area contributed by atoms with Crippen molar-refractivity contribution in [2.45, 2.75) is 6.54 Å². The van der Waals surface area contributed by atoms with E-state index >= 15 is 0 Å². The molecule has 0 saturated heterocycles. The minimum Gasteiger partial charge on any atom is -0.364 e. The van der Waals surface area contributed by atoms with Gasteiger partial charge < -0.3 is 9.84 Å². The van der Waals surface area contributed by atoms with Gasteiger partial charge in [0.05, 0.1) is 0 Å². The van der Waals surface area contributed by atoms with E-state index < -0.39 is 0 Å². The summed E-state index contributed by atoms with van der Waals surface area (Å²) in [6.07, 6.45) is 3.53. The highest BCUT2D eigenvalue weighted by atomic mass is 19.1. The van der Waals surface area contributed by atoms with Crippen molar-refractivity contribution in [1.82, 2.24) is 25.3 Å². The quantitative estimate of drug-likeness (QED) is 0.466. The minimum absolute atomic E-state index is 0.247.